The van der Waals surface area contributed by atoms with Crippen LogP contribution in [-0.4, -0.2) is 11.8 Å². The van der Waals surface area contributed by atoms with Gasteiger partial charge >= 0.3 is 0 Å². The Kier molecular flexibility index (Phi) is 3.84. The third-order valence-electron chi connectivity index (χ3n) is 2.75. The number of benzene rings is 2. The van der Waals surface area contributed by atoms with E-state index in [9.17, 15) is 18.4 Å². The number of rotatable bonds is 3. The van der Waals surface area contributed by atoms with Gasteiger partial charge in [-0.3, -0.25) is 9.59 Å². The summed E-state index contributed by atoms with van der Waals surface area (Å²) in [7, 11) is 0. The molecular formula is C14H11F2N3O2. The van der Waals surface area contributed by atoms with Crippen LogP contribution < -0.4 is 16.8 Å². The molecule has 2 aromatic carbocycles. The topological polar surface area (TPSA) is 98.2 Å². The molecule has 2 amide bonds. The Morgan fingerprint density at radius 1 is 1.00 bits per heavy atom. The number of nitrogen functional groups attached to an aromatic ring is 1. The van der Waals surface area contributed by atoms with Crippen LogP contribution in [0.15, 0.2) is 36.4 Å². The fourth-order valence-electron chi connectivity index (χ4n) is 1.72. The minimum absolute atomic E-state index is 0.0695. The largest absolute Gasteiger partial charge is 0.398 e. The van der Waals surface area contributed by atoms with E-state index in [4.69, 9.17) is 11.5 Å². The predicted molar refractivity (Wildman–Crippen MR) is 73.7 cm³/mol. The molecular weight excluding hydrogens is 280 g/mol. The number of nitrogens with one attached hydrogen (secondary N) is 1. The molecule has 0 atom stereocenters. The first-order valence-corrected chi connectivity index (χ1v) is 5.84. The molecule has 21 heavy (non-hydrogen) atoms. The van der Waals surface area contributed by atoms with E-state index >= 15 is 0 Å². The number of anilines is 2. The summed E-state index contributed by atoms with van der Waals surface area (Å²) in [6.45, 7) is 0. The Labute approximate surface area is 118 Å². The number of carbonyl (C=O) groups is 2. The van der Waals surface area contributed by atoms with Crippen molar-refractivity contribution in [1.82, 2.24) is 0 Å². The minimum atomic E-state index is -0.964. The molecule has 0 bridgehead atoms. The fraction of sp³-hybridized carbons (Fsp3) is 0. The summed E-state index contributed by atoms with van der Waals surface area (Å²) in [5.74, 6) is -3.07. The number of hydrogen-bond acceptors (Lipinski definition) is 3. The van der Waals surface area contributed by atoms with Crippen LogP contribution >= 0.6 is 0 Å². The molecule has 108 valence electrons. The monoisotopic (exact) mass is 291 g/mol. The molecule has 0 aliphatic rings. The second-order valence-corrected chi connectivity index (χ2v) is 4.24. The first-order chi connectivity index (χ1) is 9.88. The summed E-state index contributed by atoms with van der Waals surface area (Å²) in [5.41, 5.74) is 10.4. The molecule has 0 radical (unpaired) electrons. The molecule has 5 N–H and O–H groups in total. The van der Waals surface area contributed by atoms with E-state index in [1.807, 2.05) is 0 Å². The van der Waals surface area contributed by atoms with E-state index in [0.29, 0.717) is 0 Å². The Balaban J connectivity index is 2.29. The lowest BCUT2D eigenvalue weighted by atomic mass is 10.1. The minimum Gasteiger partial charge on any atom is -0.398 e. The van der Waals surface area contributed by atoms with Crippen molar-refractivity contribution in [2.75, 3.05) is 11.1 Å². The standard InChI is InChI=1S/C14H11F2N3O2/c15-7-1-4-12(17)10(5-7)14(21)19-8-2-3-11(16)9(6-8)13(18)20/h1-6H,17H2,(H2,18,20)(H,19,21). The first-order valence-electron chi connectivity index (χ1n) is 5.84. The summed E-state index contributed by atoms with van der Waals surface area (Å²) < 4.78 is 26.4. The van der Waals surface area contributed by atoms with Crippen molar-refractivity contribution < 1.29 is 18.4 Å². The van der Waals surface area contributed by atoms with Gasteiger partial charge in [-0.25, -0.2) is 8.78 Å². The van der Waals surface area contributed by atoms with Crippen LogP contribution in [0.1, 0.15) is 20.7 Å². The van der Waals surface area contributed by atoms with Crippen LogP contribution in [0.2, 0.25) is 0 Å². The summed E-state index contributed by atoms with van der Waals surface area (Å²) in [6, 6.07) is 6.67. The molecule has 0 spiro atoms. The lowest BCUT2D eigenvalue weighted by Gasteiger charge is -2.09. The average molecular weight is 291 g/mol. The van der Waals surface area contributed by atoms with Crippen LogP contribution in [0.5, 0.6) is 0 Å². The van der Waals surface area contributed by atoms with E-state index in [1.54, 1.807) is 0 Å². The SMILES string of the molecule is NC(=O)c1cc(NC(=O)c2cc(F)ccc2N)ccc1F. The number of primary amides is 1. The molecule has 0 fully saturated rings. The van der Waals surface area contributed by atoms with Crippen molar-refractivity contribution in [3.8, 4) is 0 Å². The van der Waals surface area contributed by atoms with Gasteiger partial charge in [0.1, 0.15) is 11.6 Å². The zero-order chi connectivity index (χ0) is 15.6. The lowest BCUT2D eigenvalue weighted by molar-refractivity contribution is 0.0992. The normalized spacial score (nSPS) is 10.2. The number of amides is 2. The third-order valence-corrected chi connectivity index (χ3v) is 2.75. The fourth-order valence-corrected chi connectivity index (χ4v) is 1.72. The van der Waals surface area contributed by atoms with Gasteiger partial charge in [0.2, 0.25) is 0 Å². The van der Waals surface area contributed by atoms with Gasteiger partial charge in [0.25, 0.3) is 11.8 Å². The zero-order valence-electron chi connectivity index (χ0n) is 10.7. The quantitative estimate of drug-likeness (QED) is 0.753. The maximum atomic E-state index is 13.3. The summed E-state index contributed by atoms with van der Waals surface area (Å²) >= 11 is 0. The van der Waals surface area contributed by atoms with Crippen molar-refractivity contribution >= 4 is 23.2 Å². The van der Waals surface area contributed by atoms with Gasteiger partial charge in [-0.1, -0.05) is 0 Å². The maximum Gasteiger partial charge on any atom is 0.257 e. The molecule has 0 saturated heterocycles. The number of hydrogen-bond donors (Lipinski definition) is 3. The predicted octanol–water partition coefficient (Wildman–Crippen LogP) is 1.90. The van der Waals surface area contributed by atoms with Crippen molar-refractivity contribution in [3.05, 3.63) is 59.2 Å². The summed E-state index contributed by atoms with van der Waals surface area (Å²) in [6.07, 6.45) is 0. The Morgan fingerprint density at radius 2 is 1.71 bits per heavy atom. The van der Waals surface area contributed by atoms with Gasteiger partial charge in [0.05, 0.1) is 11.1 Å². The molecule has 5 nitrogen and oxygen atoms in total. The highest BCUT2D eigenvalue weighted by molar-refractivity contribution is 6.08. The summed E-state index contributed by atoms with van der Waals surface area (Å²) in [5, 5.41) is 2.39. The highest BCUT2D eigenvalue weighted by Gasteiger charge is 2.14. The molecule has 2 aromatic rings. The van der Waals surface area contributed by atoms with Gasteiger partial charge in [-0.2, -0.15) is 0 Å². The van der Waals surface area contributed by atoms with Gasteiger partial charge in [0, 0.05) is 11.4 Å². The average Bonchev–Trinajstić information content (AvgIpc) is 2.43. The molecule has 7 heteroatoms. The van der Waals surface area contributed by atoms with Crippen LogP contribution in [0, 0.1) is 11.6 Å². The number of carbonyl (C=O) groups excluding carboxylic acids is 2. The third kappa shape index (κ3) is 3.14. The van der Waals surface area contributed by atoms with Gasteiger partial charge < -0.3 is 16.8 Å². The van der Waals surface area contributed by atoms with Gasteiger partial charge in [-0.05, 0) is 36.4 Å². The molecule has 2 rings (SSSR count). The van der Waals surface area contributed by atoms with Crippen molar-refractivity contribution in [3.63, 3.8) is 0 Å². The molecule has 0 aliphatic carbocycles. The number of halogens is 2. The van der Waals surface area contributed by atoms with Crippen LogP contribution in [0.3, 0.4) is 0 Å². The highest BCUT2D eigenvalue weighted by atomic mass is 19.1. The van der Waals surface area contributed by atoms with E-state index in [0.717, 1.165) is 24.3 Å². The van der Waals surface area contributed by atoms with Gasteiger partial charge in [0.15, 0.2) is 0 Å². The first kappa shape index (κ1) is 14.4. The van der Waals surface area contributed by atoms with E-state index in [2.05, 4.69) is 5.32 Å². The van der Waals surface area contributed by atoms with Crippen molar-refractivity contribution in [1.29, 1.82) is 0 Å². The van der Waals surface area contributed by atoms with Gasteiger partial charge in [-0.15, -0.1) is 0 Å². The lowest BCUT2D eigenvalue weighted by Crippen LogP contribution is -2.17. The Hall–Kier alpha value is -2.96. The molecule has 0 saturated carbocycles. The molecule has 0 heterocycles. The van der Waals surface area contributed by atoms with Crippen LogP contribution in [0.4, 0.5) is 20.2 Å². The van der Waals surface area contributed by atoms with E-state index in [1.165, 1.54) is 12.1 Å². The highest BCUT2D eigenvalue weighted by Crippen LogP contribution is 2.18. The number of nitrogens with two attached hydrogens (primary N) is 2. The van der Waals surface area contributed by atoms with E-state index in [-0.39, 0.29) is 22.5 Å². The molecule has 0 unspecified atom stereocenters. The molecule has 0 aliphatic heterocycles. The Morgan fingerprint density at radius 3 is 2.38 bits per heavy atom. The second-order valence-electron chi connectivity index (χ2n) is 4.24. The molecule has 0 aromatic heterocycles. The maximum absolute atomic E-state index is 13.3. The summed E-state index contributed by atoms with van der Waals surface area (Å²) in [4.78, 5) is 23.0. The Bertz CT molecular complexity index is 732. The van der Waals surface area contributed by atoms with E-state index < -0.39 is 23.4 Å². The smallest absolute Gasteiger partial charge is 0.257 e. The van der Waals surface area contributed by atoms with Crippen molar-refractivity contribution in [2.45, 2.75) is 0 Å². The van der Waals surface area contributed by atoms with Crippen LogP contribution in [0.25, 0.3) is 0 Å². The van der Waals surface area contributed by atoms with Crippen molar-refractivity contribution in [2.24, 2.45) is 5.73 Å². The zero-order valence-corrected chi connectivity index (χ0v) is 10.7. The van der Waals surface area contributed by atoms with Crippen LogP contribution in [-0.2, 0) is 0 Å². The second kappa shape index (κ2) is 5.58.